The molecule has 0 fully saturated rings. The quantitative estimate of drug-likeness (QED) is 0.587. The Balaban J connectivity index is 3.15. The van der Waals surface area contributed by atoms with Gasteiger partial charge in [0.05, 0.1) is 0 Å². The fourth-order valence-corrected chi connectivity index (χ4v) is 1.50. The number of rotatable bonds is 3. The zero-order valence-corrected chi connectivity index (χ0v) is 10.2. The van der Waals surface area contributed by atoms with Crippen molar-refractivity contribution in [2.45, 2.75) is 26.9 Å². The molecule has 0 saturated carbocycles. The van der Waals surface area contributed by atoms with Crippen LogP contribution in [0.3, 0.4) is 0 Å². The largest absolute Gasteiger partial charge is 0.355 e. The lowest BCUT2D eigenvalue weighted by Gasteiger charge is -2.11. The minimum atomic E-state index is -0.573. The first-order chi connectivity index (χ1) is 6.97. The van der Waals surface area contributed by atoms with E-state index < -0.39 is 6.10 Å². The van der Waals surface area contributed by atoms with Crippen LogP contribution in [0.1, 0.15) is 28.4 Å². The fourth-order valence-electron chi connectivity index (χ4n) is 1.37. The van der Waals surface area contributed by atoms with Gasteiger partial charge in [0.1, 0.15) is 11.9 Å². The molecular weight excluding hydrogens is 214 g/mol. The summed E-state index contributed by atoms with van der Waals surface area (Å²) >= 11 is 0. The summed E-state index contributed by atoms with van der Waals surface area (Å²) in [5.41, 5.74) is 1.70. The Morgan fingerprint density at radius 3 is 2.53 bits per heavy atom. The molecule has 0 aliphatic carbocycles. The van der Waals surface area contributed by atoms with Gasteiger partial charge in [0.15, 0.2) is 5.78 Å². The minimum absolute atomic E-state index is 0.207. The summed E-state index contributed by atoms with van der Waals surface area (Å²) < 4.78 is 18.1. The van der Waals surface area contributed by atoms with E-state index in [0.29, 0.717) is 11.1 Å². The topological polar surface area (TPSA) is 26.3 Å². The van der Waals surface area contributed by atoms with Crippen molar-refractivity contribution in [2.75, 3.05) is 0 Å². The van der Waals surface area contributed by atoms with E-state index in [1.54, 1.807) is 26.8 Å². The van der Waals surface area contributed by atoms with Crippen molar-refractivity contribution >= 4 is 15.2 Å². The molecule has 2 nitrogen and oxygen atoms in total. The van der Waals surface area contributed by atoms with Gasteiger partial charge in [-0.15, -0.1) is 0 Å². The molecule has 1 rings (SSSR count). The van der Waals surface area contributed by atoms with Crippen LogP contribution in [-0.2, 0) is 4.52 Å². The van der Waals surface area contributed by atoms with E-state index in [0.717, 1.165) is 5.56 Å². The Bertz CT molecular complexity index is 390. The number of hydrogen-bond donors (Lipinski definition) is 0. The highest BCUT2D eigenvalue weighted by molar-refractivity contribution is 7.09. The molecule has 0 saturated heterocycles. The smallest absolute Gasteiger partial charge is 0.191 e. The van der Waals surface area contributed by atoms with Gasteiger partial charge in [-0.2, -0.15) is 0 Å². The molecule has 0 radical (unpaired) electrons. The van der Waals surface area contributed by atoms with Crippen molar-refractivity contribution in [1.29, 1.82) is 0 Å². The number of ketones is 1. The van der Waals surface area contributed by atoms with E-state index in [-0.39, 0.29) is 11.6 Å². The summed E-state index contributed by atoms with van der Waals surface area (Å²) in [5, 5.41) is 0. The Morgan fingerprint density at radius 1 is 1.40 bits per heavy atom. The number of carbonyl (C=O) groups is 1. The lowest BCUT2D eigenvalue weighted by Crippen LogP contribution is -2.18. The molecule has 15 heavy (non-hydrogen) atoms. The highest BCUT2D eigenvalue weighted by Crippen LogP contribution is 2.17. The monoisotopic (exact) mass is 228 g/mol. The van der Waals surface area contributed by atoms with Crippen LogP contribution in [0, 0.1) is 19.7 Å². The van der Waals surface area contributed by atoms with E-state index in [9.17, 15) is 9.18 Å². The Kier molecular flexibility index (Phi) is 3.95. The molecule has 0 spiro atoms. The minimum Gasteiger partial charge on any atom is -0.355 e. The zero-order valence-electron chi connectivity index (χ0n) is 9.00. The van der Waals surface area contributed by atoms with Crippen LogP contribution in [-0.4, -0.2) is 11.9 Å². The molecule has 1 aromatic rings. The second kappa shape index (κ2) is 4.82. The number of carbonyl (C=O) groups excluding carboxylic acids is 1. The van der Waals surface area contributed by atoms with Gasteiger partial charge in [-0.25, -0.2) is 4.39 Å². The van der Waals surface area contributed by atoms with Crippen molar-refractivity contribution in [1.82, 2.24) is 0 Å². The molecule has 0 aliphatic heterocycles. The molecule has 0 bridgehead atoms. The van der Waals surface area contributed by atoms with Crippen molar-refractivity contribution in [3.63, 3.8) is 0 Å². The van der Waals surface area contributed by atoms with Crippen molar-refractivity contribution in [3.05, 3.63) is 34.6 Å². The number of halogens is 1. The first-order valence-electron chi connectivity index (χ1n) is 4.64. The van der Waals surface area contributed by atoms with Crippen LogP contribution in [0.25, 0.3) is 0 Å². The first kappa shape index (κ1) is 12.3. The molecule has 4 heteroatoms. The number of hydrogen-bond acceptors (Lipinski definition) is 2. The molecule has 0 amide bonds. The van der Waals surface area contributed by atoms with Gasteiger partial charge in [0.25, 0.3) is 0 Å². The van der Waals surface area contributed by atoms with Crippen LogP contribution in [0.4, 0.5) is 4.39 Å². The van der Waals surface area contributed by atoms with Crippen molar-refractivity contribution < 1.29 is 13.7 Å². The lowest BCUT2D eigenvalue weighted by atomic mass is 9.99. The maximum Gasteiger partial charge on any atom is 0.191 e. The molecule has 0 heterocycles. The summed E-state index contributed by atoms with van der Waals surface area (Å²) in [6, 6.07) is 2.94. The van der Waals surface area contributed by atoms with Gasteiger partial charge in [0.2, 0.25) is 0 Å². The molecular formula is C11H14FO2P. The van der Waals surface area contributed by atoms with Crippen LogP contribution >= 0.6 is 9.47 Å². The summed E-state index contributed by atoms with van der Waals surface area (Å²) in [6.07, 6.45) is -0.573. The Morgan fingerprint density at radius 2 is 2.00 bits per heavy atom. The van der Waals surface area contributed by atoms with Gasteiger partial charge >= 0.3 is 0 Å². The third-order valence-corrected chi connectivity index (χ3v) is 2.75. The lowest BCUT2D eigenvalue weighted by molar-refractivity contribution is 0.0843. The van der Waals surface area contributed by atoms with E-state index in [1.165, 1.54) is 6.07 Å². The molecule has 0 aliphatic rings. The number of aryl methyl sites for hydroxylation is 2. The average Bonchev–Trinajstić information content (AvgIpc) is 2.21. The summed E-state index contributed by atoms with van der Waals surface area (Å²) in [6.45, 7) is 5.09. The Labute approximate surface area is 91.1 Å². The third kappa shape index (κ3) is 2.61. The maximum atomic E-state index is 13.3. The van der Waals surface area contributed by atoms with Crippen molar-refractivity contribution in [2.24, 2.45) is 0 Å². The van der Waals surface area contributed by atoms with Gasteiger partial charge in [0, 0.05) is 15.0 Å². The average molecular weight is 228 g/mol. The predicted octanol–water partition coefficient (Wildman–Crippen LogP) is 2.82. The van der Waals surface area contributed by atoms with Gasteiger partial charge in [-0.3, -0.25) is 4.79 Å². The predicted molar refractivity (Wildman–Crippen MR) is 60.5 cm³/mol. The van der Waals surface area contributed by atoms with Crippen molar-refractivity contribution in [3.8, 4) is 0 Å². The van der Waals surface area contributed by atoms with Crippen LogP contribution < -0.4 is 0 Å². The summed E-state index contributed by atoms with van der Waals surface area (Å²) in [4.78, 5) is 11.8. The van der Waals surface area contributed by atoms with Crippen LogP contribution in [0.5, 0.6) is 0 Å². The fraction of sp³-hybridized carbons (Fsp3) is 0.364. The molecule has 2 atom stereocenters. The normalized spacial score (nSPS) is 12.6. The highest BCUT2D eigenvalue weighted by atomic mass is 31.0. The highest BCUT2D eigenvalue weighted by Gasteiger charge is 2.17. The van der Waals surface area contributed by atoms with E-state index in [1.807, 2.05) is 9.47 Å². The molecule has 82 valence electrons. The first-order valence-corrected chi connectivity index (χ1v) is 5.11. The van der Waals surface area contributed by atoms with Crippen LogP contribution in [0.2, 0.25) is 0 Å². The van der Waals surface area contributed by atoms with E-state index in [2.05, 4.69) is 0 Å². The molecule has 0 N–H and O–H groups in total. The number of Topliss-reactive ketones (excluding diaryl/α,β-unsaturated/α-hetero) is 1. The van der Waals surface area contributed by atoms with E-state index >= 15 is 0 Å². The van der Waals surface area contributed by atoms with Crippen LogP contribution in [0.15, 0.2) is 12.1 Å². The van der Waals surface area contributed by atoms with Gasteiger partial charge < -0.3 is 4.52 Å². The molecule has 2 unspecified atom stereocenters. The standard InChI is InChI=1S/C11H14FO2P/c1-6-4-7(2)10(12)5-9(6)11(13)8(3)14-15/h4-5,8H,15H2,1-3H3. The number of benzene rings is 1. The molecule has 0 aromatic heterocycles. The maximum absolute atomic E-state index is 13.3. The SMILES string of the molecule is Cc1cc(C)c(C(=O)C(C)OP)cc1F. The Hall–Kier alpha value is -0.790. The van der Waals surface area contributed by atoms with Gasteiger partial charge in [-0.05, 0) is 38.0 Å². The summed E-state index contributed by atoms with van der Waals surface area (Å²) in [7, 11) is 2.04. The van der Waals surface area contributed by atoms with Gasteiger partial charge in [-0.1, -0.05) is 6.07 Å². The molecule has 1 aromatic carbocycles. The second-order valence-electron chi connectivity index (χ2n) is 3.56. The third-order valence-electron chi connectivity index (χ3n) is 2.34. The summed E-state index contributed by atoms with van der Waals surface area (Å²) in [5.74, 6) is -0.568. The second-order valence-corrected chi connectivity index (χ2v) is 3.83. The zero-order chi connectivity index (χ0) is 11.6. The van der Waals surface area contributed by atoms with E-state index in [4.69, 9.17) is 4.52 Å².